The molecule has 0 saturated carbocycles. The Morgan fingerprint density at radius 2 is 2.00 bits per heavy atom. The summed E-state index contributed by atoms with van der Waals surface area (Å²) >= 11 is 0. The topological polar surface area (TPSA) is 67.4 Å². The lowest BCUT2D eigenvalue weighted by Gasteiger charge is -2.11. The third-order valence-corrected chi connectivity index (χ3v) is 3.76. The maximum absolute atomic E-state index is 11.7. The lowest BCUT2D eigenvalue weighted by molar-refractivity contribution is 0.198. The molecular formula is C11H18N2O3S. The molecule has 0 atom stereocenters. The minimum atomic E-state index is -3.42. The molecule has 0 aromatic heterocycles. The Labute approximate surface area is 102 Å². The molecule has 2 N–H and O–H groups in total. The molecule has 0 heterocycles. The Balaban J connectivity index is 2.79. The number of sulfonamides is 1. The Morgan fingerprint density at radius 3 is 2.65 bits per heavy atom. The van der Waals surface area contributed by atoms with Gasteiger partial charge in [-0.3, -0.25) is 0 Å². The largest absolute Gasteiger partial charge is 0.385 e. The number of anilines is 1. The SMILES string of the molecule is CNS(=O)(=O)c1ccccc1NCCCOC. The van der Waals surface area contributed by atoms with Gasteiger partial charge in [0.1, 0.15) is 4.90 Å². The molecule has 1 aromatic rings. The molecule has 1 aromatic carbocycles. The fourth-order valence-corrected chi connectivity index (χ4v) is 2.30. The van der Waals surface area contributed by atoms with Crippen LogP contribution in [0.4, 0.5) is 5.69 Å². The molecule has 0 fully saturated rings. The number of methoxy groups -OCH3 is 1. The van der Waals surface area contributed by atoms with Gasteiger partial charge in [0.25, 0.3) is 0 Å². The molecule has 0 aliphatic carbocycles. The Morgan fingerprint density at radius 1 is 1.29 bits per heavy atom. The van der Waals surface area contributed by atoms with Crippen molar-refractivity contribution in [1.82, 2.24) is 4.72 Å². The second-order valence-electron chi connectivity index (χ2n) is 3.48. The van der Waals surface area contributed by atoms with Crippen LogP contribution in [-0.4, -0.2) is 35.7 Å². The van der Waals surface area contributed by atoms with Crippen LogP contribution in [-0.2, 0) is 14.8 Å². The van der Waals surface area contributed by atoms with E-state index in [0.717, 1.165) is 6.42 Å². The summed E-state index contributed by atoms with van der Waals surface area (Å²) in [4.78, 5) is 0.264. The maximum atomic E-state index is 11.7. The minimum Gasteiger partial charge on any atom is -0.385 e. The highest BCUT2D eigenvalue weighted by Gasteiger charge is 2.15. The van der Waals surface area contributed by atoms with E-state index in [1.807, 2.05) is 0 Å². The van der Waals surface area contributed by atoms with Crippen LogP contribution in [0.5, 0.6) is 0 Å². The fourth-order valence-electron chi connectivity index (χ4n) is 1.40. The quantitative estimate of drug-likeness (QED) is 0.717. The van der Waals surface area contributed by atoms with Gasteiger partial charge in [0, 0.05) is 20.3 Å². The van der Waals surface area contributed by atoms with Crippen molar-refractivity contribution in [3.05, 3.63) is 24.3 Å². The Kier molecular flexibility index (Phi) is 5.40. The summed E-state index contributed by atoms with van der Waals surface area (Å²) in [6, 6.07) is 6.82. The van der Waals surface area contributed by atoms with Gasteiger partial charge in [-0.15, -0.1) is 0 Å². The van der Waals surface area contributed by atoms with E-state index in [1.54, 1.807) is 31.4 Å². The van der Waals surface area contributed by atoms with Crippen molar-refractivity contribution in [3.8, 4) is 0 Å². The van der Waals surface area contributed by atoms with E-state index < -0.39 is 10.0 Å². The van der Waals surface area contributed by atoms with E-state index in [0.29, 0.717) is 18.8 Å². The van der Waals surface area contributed by atoms with Crippen LogP contribution in [0.1, 0.15) is 6.42 Å². The maximum Gasteiger partial charge on any atom is 0.242 e. The van der Waals surface area contributed by atoms with Crippen molar-refractivity contribution >= 4 is 15.7 Å². The molecule has 0 radical (unpaired) electrons. The van der Waals surface area contributed by atoms with E-state index in [2.05, 4.69) is 10.0 Å². The predicted molar refractivity (Wildman–Crippen MR) is 67.7 cm³/mol. The highest BCUT2D eigenvalue weighted by atomic mass is 32.2. The highest BCUT2D eigenvalue weighted by Crippen LogP contribution is 2.19. The number of hydrogen-bond acceptors (Lipinski definition) is 4. The first-order valence-corrected chi connectivity index (χ1v) is 6.85. The van der Waals surface area contributed by atoms with Gasteiger partial charge in [0.15, 0.2) is 0 Å². The van der Waals surface area contributed by atoms with E-state index in [9.17, 15) is 8.42 Å². The fraction of sp³-hybridized carbons (Fsp3) is 0.455. The molecule has 0 spiro atoms. The molecule has 0 aliphatic heterocycles. The van der Waals surface area contributed by atoms with Gasteiger partial charge in [-0.1, -0.05) is 12.1 Å². The molecule has 5 nitrogen and oxygen atoms in total. The number of para-hydroxylation sites is 1. The summed E-state index contributed by atoms with van der Waals surface area (Å²) in [6.07, 6.45) is 0.824. The summed E-state index contributed by atoms with van der Waals surface area (Å²) in [6.45, 7) is 1.32. The summed E-state index contributed by atoms with van der Waals surface area (Å²) in [5.74, 6) is 0. The van der Waals surface area contributed by atoms with Crippen molar-refractivity contribution in [3.63, 3.8) is 0 Å². The zero-order valence-electron chi connectivity index (χ0n) is 10.1. The van der Waals surface area contributed by atoms with Crippen molar-refractivity contribution in [1.29, 1.82) is 0 Å². The van der Waals surface area contributed by atoms with E-state index in [-0.39, 0.29) is 4.90 Å². The Hall–Kier alpha value is -1.11. The monoisotopic (exact) mass is 258 g/mol. The number of hydrogen-bond donors (Lipinski definition) is 2. The third-order valence-electron chi connectivity index (χ3n) is 2.29. The molecule has 0 saturated heterocycles. The number of ether oxygens (including phenoxy) is 1. The average Bonchev–Trinajstić information content (AvgIpc) is 2.35. The number of benzene rings is 1. The van der Waals surface area contributed by atoms with Gasteiger partial charge in [0.05, 0.1) is 5.69 Å². The van der Waals surface area contributed by atoms with Gasteiger partial charge >= 0.3 is 0 Å². The molecule has 0 unspecified atom stereocenters. The summed E-state index contributed by atoms with van der Waals surface area (Å²) in [5.41, 5.74) is 0.609. The molecule has 17 heavy (non-hydrogen) atoms. The minimum absolute atomic E-state index is 0.264. The van der Waals surface area contributed by atoms with Crippen LogP contribution >= 0.6 is 0 Å². The summed E-state index contributed by atoms with van der Waals surface area (Å²) in [7, 11) is -0.377. The van der Waals surface area contributed by atoms with Crippen molar-refractivity contribution in [2.45, 2.75) is 11.3 Å². The van der Waals surface area contributed by atoms with Crippen LogP contribution in [0, 0.1) is 0 Å². The van der Waals surface area contributed by atoms with Gasteiger partial charge < -0.3 is 10.1 Å². The summed E-state index contributed by atoms with van der Waals surface area (Å²) in [5, 5.41) is 3.09. The highest BCUT2D eigenvalue weighted by molar-refractivity contribution is 7.89. The second kappa shape index (κ2) is 6.58. The molecular weight excluding hydrogens is 240 g/mol. The first-order chi connectivity index (χ1) is 8.11. The van der Waals surface area contributed by atoms with Crippen molar-refractivity contribution < 1.29 is 13.2 Å². The first kappa shape index (κ1) is 14.0. The third kappa shape index (κ3) is 3.99. The van der Waals surface area contributed by atoms with Gasteiger partial charge in [0.2, 0.25) is 10.0 Å². The average molecular weight is 258 g/mol. The van der Waals surface area contributed by atoms with E-state index in [1.165, 1.54) is 7.05 Å². The smallest absolute Gasteiger partial charge is 0.242 e. The van der Waals surface area contributed by atoms with E-state index >= 15 is 0 Å². The zero-order chi connectivity index (χ0) is 12.7. The Bertz CT molecular complexity index is 446. The van der Waals surface area contributed by atoms with Crippen LogP contribution in [0.25, 0.3) is 0 Å². The zero-order valence-corrected chi connectivity index (χ0v) is 10.9. The summed E-state index contributed by atoms with van der Waals surface area (Å²) < 4.78 is 30.7. The van der Waals surface area contributed by atoms with Gasteiger partial charge in [-0.2, -0.15) is 0 Å². The standard InChI is InChI=1S/C11H18N2O3S/c1-12-17(14,15)11-7-4-3-6-10(11)13-8-5-9-16-2/h3-4,6-7,12-13H,5,8-9H2,1-2H3. The van der Waals surface area contributed by atoms with Gasteiger partial charge in [-0.05, 0) is 25.6 Å². The number of rotatable bonds is 7. The molecule has 96 valence electrons. The normalized spacial score (nSPS) is 11.4. The van der Waals surface area contributed by atoms with Crippen molar-refractivity contribution in [2.24, 2.45) is 0 Å². The second-order valence-corrected chi connectivity index (χ2v) is 5.33. The van der Waals surface area contributed by atoms with Gasteiger partial charge in [-0.25, -0.2) is 13.1 Å². The molecule has 1 rings (SSSR count). The van der Waals surface area contributed by atoms with Crippen molar-refractivity contribution in [2.75, 3.05) is 32.6 Å². The van der Waals surface area contributed by atoms with E-state index in [4.69, 9.17) is 4.74 Å². The number of nitrogens with one attached hydrogen (secondary N) is 2. The van der Waals surface area contributed by atoms with Crippen LogP contribution in [0.3, 0.4) is 0 Å². The molecule has 0 amide bonds. The van der Waals surface area contributed by atoms with Crippen LogP contribution in [0.15, 0.2) is 29.2 Å². The first-order valence-electron chi connectivity index (χ1n) is 5.37. The van der Waals surface area contributed by atoms with Crippen LogP contribution < -0.4 is 10.0 Å². The lowest BCUT2D eigenvalue weighted by Crippen LogP contribution is -2.20. The molecule has 6 heteroatoms. The molecule has 0 aliphatic rings. The van der Waals surface area contributed by atoms with Crippen LogP contribution in [0.2, 0.25) is 0 Å². The molecule has 0 bridgehead atoms. The predicted octanol–water partition coefficient (Wildman–Crippen LogP) is 1.04. The lowest BCUT2D eigenvalue weighted by atomic mass is 10.3.